The topological polar surface area (TPSA) is 32.7 Å². The second kappa shape index (κ2) is 4.67. The lowest BCUT2D eigenvalue weighted by Crippen LogP contribution is -2.48. The Morgan fingerprint density at radius 1 is 1.29 bits per heavy atom. The number of hydrogen-bond acceptors (Lipinski definition) is 3. The van der Waals surface area contributed by atoms with E-state index in [2.05, 4.69) is 30.9 Å². The summed E-state index contributed by atoms with van der Waals surface area (Å²) in [5.41, 5.74) is 2.08. The number of morpholine rings is 1. The first kappa shape index (κ1) is 12.4. The minimum atomic E-state index is -0.398. The third-order valence-corrected chi connectivity index (χ3v) is 3.17. The van der Waals surface area contributed by atoms with Crippen LogP contribution in [-0.2, 0) is 4.74 Å². The quantitative estimate of drug-likeness (QED) is 0.854. The zero-order valence-electron chi connectivity index (χ0n) is 10.8. The molecule has 1 aromatic carbocycles. The molecule has 1 unspecified atom stereocenters. The van der Waals surface area contributed by atoms with Gasteiger partial charge in [-0.2, -0.15) is 0 Å². The molecule has 1 N–H and O–H groups in total. The van der Waals surface area contributed by atoms with E-state index in [1.165, 1.54) is 5.69 Å². The Balaban J connectivity index is 2.12. The summed E-state index contributed by atoms with van der Waals surface area (Å²) in [7, 11) is 0. The summed E-state index contributed by atoms with van der Waals surface area (Å²) >= 11 is 0. The normalized spacial score (nSPS) is 21.3. The zero-order valence-corrected chi connectivity index (χ0v) is 10.8. The van der Waals surface area contributed by atoms with Crippen LogP contribution in [0.15, 0.2) is 24.3 Å². The van der Waals surface area contributed by atoms with E-state index >= 15 is 0 Å². The van der Waals surface area contributed by atoms with Crippen LogP contribution in [0.5, 0.6) is 0 Å². The van der Waals surface area contributed by atoms with Crippen molar-refractivity contribution in [1.82, 2.24) is 0 Å². The number of aliphatic hydroxyl groups is 1. The molecule has 0 bridgehead atoms. The third kappa shape index (κ3) is 2.99. The molecule has 0 aromatic heterocycles. The fraction of sp³-hybridized carbons (Fsp3) is 0.571. The van der Waals surface area contributed by atoms with Crippen LogP contribution in [0, 0.1) is 0 Å². The van der Waals surface area contributed by atoms with Gasteiger partial charge in [0.15, 0.2) is 0 Å². The van der Waals surface area contributed by atoms with Gasteiger partial charge in [-0.15, -0.1) is 0 Å². The molecule has 3 nitrogen and oxygen atoms in total. The van der Waals surface area contributed by atoms with Crippen molar-refractivity contribution in [2.75, 3.05) is 24.6 Å². The molecule has 0 radical (unpaired) electrons. The second-order valence-corrected chi connectivity index (χ2v) is 5.30. The molecular formula is C14H21NO2. The van der Waals surface area contributed by atoms with Gasteiger partial charge in [-0.1, -0.05) is 12.1 Å². The molecule has 2 rings (SSSR count). The summed E-state index contributed by atoms with van der Waals surface area (Å²) < 4.78 is 5.70. The van der Waals surface area contributed by atoms with Gasteiger partial charge in [0.2, 0.25) is 0 Å². The lowest BCUT2D eigenvalue weighted by Gasteiger charge is -2.39. The average molecular weight is 235 g/mol. The van der Waals surface area contributed by atoms with Crippen LogP contribution >= 0.6 is 0 Å². The Morgan fingerprint density at radius 2 is 1.94 bits per heavy atom. The van der Waals surface area contributed by atoms with Crippen LogP contribution in [0.3, 0.4) is 0 Å². The van der Waals surface area contributed by atoms with Crippen LogP contribution in [0.25, 0.3) is 0 Å². The monoisotopic (exact) mass is 235 g/mol. The van der Waals surface area contributed by atoms with Gasteiger partial charge >= 0.3 is 0 Å². The van der Waals surface area contributed by atoms with E-state index in [9.17, 15) is 5.11 Å². The summed E-state index contributed by atoms with van der Waals surface area (Å²) in [6, 6.07) is 8.12. The number of nitrogens with zero attached hydrogens (tertiary/aromatic N) is 1. The summed E-state index contributed by atoms with van der Waals surface area (Å²) in [6.07, 6.45) is -0.398. The molecule has 1 aromatic rings. The summed E-state index contributed by atoms with van der Waals surface area (Å²) in [5.74, 6) is 0. The van der Waals surface area contributed by atoms with Crippen molar-refractivity contribution in [1.29, 1.82) is 0 Å². The van der Waals surface area contributed by atoms with Crippen molar-refractivity contribution < 1.29 is 9.84 Å². The third-order valence-electron chi connectivity index (χ3n) is 3.17. The summed E-state index contributed by atoms with van der Waals surface area (Å²) in [5, 5.41) is 9.47. The summed E-state index contributed by atoms with van der Waals surface area (Å²) in [4.78, 5) is 2.33. The van der Waals surface area contributed by atoms with Gasteiger partial charge in [0.1, 0.15) is 0 Å². The minimum Gasteiger partial charge on any atom is -0.389 e. The first-order valence-corrected chi connectivity index (χ1v) is 6.15. The van der Waals surface area contributed by atoms with Crippen molar-refractivity contribution in [3.8, 4) is 0 Å². The Bertz CT molecular complexity index is 370. The highest BCUT2D eigenvalue weighted by molar-refractivity contribution is 5.48. The van der Waals surface area contributed by atoms with Gasteiger partial charge in [-0.25, -0.2) is 0 Å². The Labute approximate surface area is 103 Å². The molecular weight excluding hydrogens is 214 g/mol. The molecule has 0 saturated carbocycles. The Hall–Kier alpha value is -1.06. The number of aliphatic hydroxyl groups excluding tert-OH is 1. The molecule has 1 saturated heterocycles. The van der Waals surface area contributed by atoms with E-state index in [1.807, 2.05) is 12.1 Å². The van der Waals surface area contributed by atoms with Crippen molar-refractivity contribution in [3.05, 3.63) is 29.8 Å². The molecule has 94 valence electrons. The molecule has 1 atom stereocenters. The van der Waals surface area contributed by atoms with E-state index in [-0.39, 0.29) is 5.60 Å². The zero-order chi connectivity index (χ0) is 12.5. The predicted molar refractivity (Wildman–Crippen MR) is 69.3 cm³/mol. The fourth-order valence-corrected chi connectivity index (χ4v) is 2.20. The fourth-order valence-electron chi connectivity index (χ4n) is 2.20. The first-order chi connectivity index (χ1) is 7.98. The maximum absolute atomic E-state index is 9.47. The van der Waals surface area contributed by atoms with Crippen LogP contribution in [0.2, 0.25) is 0 Å². The maximum Gasteiger partial charge on any atom is 0.0801 e. The van der Waals surface area contributed by atoms with Gasteiger partial charge in [0, 0.05) is 18.8 Å². The van der Waals surface area contributed by atoms with Crippen molar-refractivity contribution in [3.63, 3.8) is 0 Å². The highest BCUT2D eigenvalue weighted by Crippen LogP contribution is 2.24. The number of hydrogen-bond donors (Lipinski definition) is 1. The SMILES string of the molecule is CC(O)c1ccc(N2CCOC(C)(C)C2)cc1. The molecule has 17 heavy (non-hydrogen) atoms. The van der Waals surface area contributed by atoms with E-state index in [4.69, 9.17) is 4.74 Å². The van der Waals surface area contributed by atoms with E-state index in [1.54, 1.807) is 6.92 Å². The van der Waals surface area contributed by atoms with Crippen LogP contribution < -0.4 is 4.90 Å². The van der Waals surface area contributed by atoms with Crippen molar-refractivity contribution in [2.45, 2.75) is 32.5 Å². The van der Waals surface area contributed by atoms with Crippen LogP contribution in [0.1, 0.15) is 32.4 Å². The molecule has 1 heterocycles. The molecule has 0 spiro atoms. The molecule has 3 heteroatoms. The Morgan fingerprint density at radius 3 is 2.47 bits per heavy atom. The number of anilines is 1. The second-order valence-electron chi connectivity index (χ2n) is 5.30. The van der Waals surface area contributed by atoms with E-state index < -0.39 is 6.10 Å². The number of ether oxygens (including phenoxy) is 1. The van der Waals surface area contributed by atoms with Crippen molar-refractivity contribution in [2.24, 2.45) is 0 Å². The molecule has 1 fully saturated rings. The van der Waals surface area contributed by atoms with Gasteiger partial charge in [0.25, 0.3) is 0 Å². The minimum absolute atomic E-state index is 0.0822. The predicted octanol–water partition coefficient (Wildman–Crippen LogP) is 2.36. The van der Waals surface area contributed by atoms with Gasteiger partial charge < -0.3 is 14.7 Å². The summed E-state index contributed by atoms with van der Waals surface area (Å²) in [6.45, 7) is 8.61. The smallest absolute Gasteiger partial charge is 0.0801 e. The number of rotatable bonds is 2. The average Bonchev–Trinajstić information content (AvgIpc) is 2.28. The van der Waals surface area contributed by atoms with Gasteiger partial charge in [-0.3, -0.25) is 0 Å². The lowest BCUT2D eigenvalue weighted by atomic mass is 10.1. The molecule has 0 aliphatic carbocycles. The molecule has 1 aliphatic heterocycles. The van der Waals surface area contributed by atoms with Crippen molar-refractivity contribution >= 4 is 5.69 Å². The van der Waals surface area contributed by atoms with Crippen LogP contribution in [-0.4, -0.2) is 30.4 Å². The first-order valence-electron chi connectivity index (χ1n) is 6.15. The lowest BCUT2D eigenvalue weighted by molar-refractivity contribution is -0.0276. The number of benzene rings is 1. The van der Waals surface area contributed by atoms with E-state index in [0.717, 1.165) is 25.3 Å². The highest BCUT2D eigenvalue weighted by Gasteiger charge is 2.27. The molecule has 0 amide bonds. The standard InChI is InChI=1S/C14H21NO2/c1-11(16)12-4-6-13(7-5-12)15-8-9-17-14(2,3)10-15/h4-7,11,16H,8-10H2,1-3H3. The Kier molecular flexibility index (Phi) is 3.40. The highest BCUT2D eigenvalue weighted by atomic mass is 16.5. The van der Waals surface area contributed by atoms with E-state index in [0.29, 0.717) is 0 Å². The largest absolute Gasteiger partial charge is 0.389 e. The van der Waals surface area contributed by atoms with Gasteiger partial charge in [0.05, 0.1) is 18.3 Å². The maximum atomic E-state index is 9.47. The van der Waals surface area contributed by atoms with Crippen LogP contribution in [0.4, 0.5) is 5.69 Å². The molecule has 1 aliphatic rings. The van der Waals surface area contributed by atoms with Gasteiger partial charge in [-0.05, 0) is 38.5 Å².